The molecule has 1 aliphatic rings. The van der Waals surface area contributed by atoms with Crippen LogP contribution >= 0.6 is 0 Å². The Morgan fingerprint density at radius 3 is 2.17 bits per heavy atom. The lowest BCUT2D eigenvalue weighted by Gasteiger charge is -1.89. The van der Waals surface area contributed by atoms with Crippen molar-refractivity contribution in [2.24, 2.45) is 5.92 Å². The van der Waals surface area contributed by atoms with Crippen molar-refractivity contribution in [2.45, 2.75) is 20.3 Å². The molecule has 1 rings (SSSR count). The molecule has 0 aromatic carbocycles. The molecule has 0 atom stereocenters. The maximum atomic E-state index is 3.15. The van der Waals surface area contributed by atoms with Gasteiger partial charge in [-0.05, 0) is 18.4 Å². The van der Waals surface area contributed by atoms with E-state index in [0.29, 0.717) is 0 Å². The third-order valence-corrected chi connectivity index (χ3v) is 1.08. The van der Waals surface area contributed by atoms with E-state index in [2.05, 4.69) is 19.9 Å². The van der Waals surface area contributed by atoms with Crippen LogP contribution in [0.4, 0.5) is 0 Å². The van der Waals surface area contributed by atoms with Crippen LogP contribution < -0.4 is 0 Å². The Bertz CT molecular complexity index is 78.0. The molecule has 0 spiro atoms. The second-order valence-electron chi connectivity index (χ2n) is 2.03. The topological polar surface area (TPSA) is 0 Å². The lowest BCUT2D eigenvalue weighted by atomic mass is 10.2. The van der Waals surface area contributed by atoms with Crippen molar-refractivity contribution in [2.75, 3.05) is 0 Å². The molecule has 0 nitrogen and oxygen atoms in total. The van der Waals surface area contributed by atoms with Gasteiger partial charge in [0, 0.05) is 0 Å². The van der Waals surface area contributed by atoms with Crippen molar-refractivity contribution in [1.82, 2.24) is 0 Å². The summed E-state index contributed by atoms with van der Waals surface area (Å²) in [5.41, 5.74) is 1.51. The molecule has 0 bridgehead atoms. The SMILES string of the molecule is CC(C)C1=[C]C1. The standard InChI is InChI=1S/C6H9/c1-5(2)6-3-4-6/h5H,3H2,1-2H3. The van der Waals surface area contributed by atoms with Gasteiger partial charge in [0.25, 0.3) is 0 Å². The molecule has 0 amide bonds. The molecule has 1 radical (unpaired) electrons. The van der Waals surface area contributed by atoms with Crippen LogP contribution in [0.15, 0.2) is 5.57 Å². The fourth-order valence-corrected chi connectivity index (χ4v) is 0.459. The quantitative estimate of drug-likeness (QED) is 0.451. The molecule has 0 N–H and O–H groups in total. The normalized spacial score (nSPS) is 18.2. The maximum absolute atomic E-state index is 3.15. The molecule has 0 fully saturated rings. The van der Waals surface area contributed by atoms with E-state index >= 15 is 0 Å². The van der Waals surface area contributed by atoms with Gasteiger partial charge in [0.05, 0.1) is 0 Å². The Labute approximate surface area is 38.9 Å². The Morgan fingerprint density at radius 2 is 2.17 bits per heavy atom. The van der Waals surface area contributed by atoms with Gasteiger partial charge in [-0.3, -0.25) is 0 Å². The molecular weight excluding hydrogens is 72.1 g/mol. The Kier molecular flexibility index (Phi) is 0.722. The van der Waals surface area contributed by atoms with Crippen LogP contribution in [0, 0.1) is 12.0 Å². The van der Waals surface area contributed by atoms with Crippen LogP contribution in [-0.4, -0.2) is 0 Å². The predicted octanol–water partition coefficient (Wildman–Crippen LogP) is 1.78. The number of hydrogen-bond donors (Lipinski definition) is 0. The number of rotatable bonds is 1. The van der Waals surface area contributed by atoms with Crippen molar-refractivity contribution in [3.63, 3.8) is 0 Å². The summed E-state index contributed by atoms with van der Waals surface area (Å²) in [5.74, 6) is 0.769. The van der Waals surface area contributed by atoms with Crippen molar-refractivity contribution >= 4 is 0 Å². The van der Waals surface area contributed by atoms with E-state index in [4.69, 9.17) is 0 Å². The lowest BCUT2D eigenvalue weighted by Crippen LogP contribution is -1.77. The van der Waals surface area contributed by atoms with E-state index in [1.807, 2.05) is 0 Å². The van der Waals surface area contributed by atoms with Gasteiger partial charge in [-0.2, -0.15) is 0 Å². The van der Waals surface area contributed by atoms with E-state index in [9.17, 15) is 0 Å². The highest BCUT2D eigenvalue weighted by molar-refractivity contribution is 5.16. The second-order valence-corrected chi connectivity index (χ2v) is 2.03. The first-order valence-electron chi connectivity index (χ1n) is 2.40. The largest absolute Gasteiger partial charge is 0.0594 e. The van der Waals surface area contributed by atoms with Crippen molar-refractivity contribution in [3.05, 3.63) is 11.6 Å². The summed E-state index contributed by atoms with van der Waals surface area (Å²) >= 11 is 0. The van der Waals surface area contributed by atoms with E-state index in [-0.39, 0.29) is 0 Å². The summed E-state index contributed by atoms with van der Waals surface area (Å²) in [5, 5.41) is 0. The van der Waals surface area contributed by atoms with Gasteiger partial charge in [0.2, 0.25) is 0 Å². The van der Waals surface area contributed by atoms with Gasteiger partial charge in [-0.15, -0.1) is 0 Å². The van der Waals surface area contributed by atoms with Gasteiger partial charge < -0.3 is 0 Å². The third-order valence-electron chi connectivity index (χ3n) is 1.08. The van der Waals surface area contributed by atoms with E-state index in [0.717, 1.165) is 12.3 Å². The first-order chi connectivity index (χ1) is 2.80. The van der Waals surface area contributed by atoms with Crippen LogP contribution in [-0.2, 0) is 0 Å². The highest BCUT2D eigenvalue weighted by Gasteiger charge is 2.10. The average Bonchev–Trinajstić information content (AvgIpc) is 2.06. The minimum atomic E-state index is 0.769. The molecule has 0 heteroatoms. The zero-order valence-corrected chi connectivity index (χ0v) is 4.28. The summed E-state index contributed by atoms with van der Waals surface area (Å²) in [4.78, 5) is 0. The minimum absolute atomic E-state index is 0.769. The first-order valence-corrected chi connectivity index (χ1v) is 2.40. The van der Waals surface area contributed by atoms with Crippen molar-refractivity contribution < 1.29 is 0 Å². The first kappa shape index (κ1) is 3.91. The lowest BCUT2D eigenvalue weighted by molar-refractivity contribution is 0.794. The molecule has 1 aliphatic carbocycles. The summed E-state index contributed by atoms with van der Waals surface area (Å²) in [6.45, 7) is 4.41. The van der Waals surface area contributed by atoms with E-state index in [1.165, 1.54) is 5.57 Å². The smallest absolute Gasteiger partial charge is 0.00559 e. The zero-order chi connectivity index (χ0) is 4.57. The third kappa shape index (κ3) is 0.618. The highest BCUT2D eigenvalue weighted by Crippen LogP contribution is 2.24. The van der Waals surface area contributed by atoms with Crippen LogP contribution in [0.2, 0.25) is 0 Å². The summed E-state index contributed by atoms with van der Waals surface area (Å²) in [7, 11) is 0. The molecule has 0 saturated heterocycles. The number of allylic oxidation sites excluding steroid dienone is 2. The predicted molar refractivity (Wildman–Crippen MR) is 26.2 cm³/mol. The van der Waals surface area contributed by atoms with E-state index < -0.39 is 0 Å². The van der Waals surface area contributed by atoms with Gasteiger partial charge in [0.15, 0.2) is 0 Å². The average molecular weight is 81.1 g/mol. The highest BCUT2D eigenvalue weighted by atomic mass is 14.1. The van der Waals surface area contributed by atoms with Crippen LogP contribution in [0.25, 0.3) is 0 Å². The molecule has 0 aromatic rings. The fourth-order valence-electron chi connectivity index (χ4n) is 0.459. The van der Waals surface area contributed by atoms with Crippen molar-refractivity contribution in [3.8, 4) is 0 Å². The van der Waals surface area contributed by atoms with Gasteiger partial charge in [-0.25, -0.2) is 0 Å². The molecule has 0 aromatic heterocycles. The molecule has 0 saturated carbocycles. The Balaban J connectivity index is 2.31. The van der Waals surface area contributed by atoms with E-state index in [1.54, 1.807) is 0 Å². The molecule has 0 unspecified atom stereocenters. The molecule has 0 heterocycles. The van der Waals surface area contributed by atoms with Gasteiger partial charge in [0.1, 0.15) is 0 Å². The Hall–Kier alpha value is -0.260. The summed E-state index contributed by atoms with van der Waals surface area (Å²) in [6, 6.07) is 0. The fraction of sp³-hybridized carbons (Fsp3) is 0.667. The molecular formula is C6H9. The summed E-state index contributed by atoms with van der Waals surface area (Å²) in [6.07, 6.45) is 4.31. The van der Waals surface area contributed by atoms with Crippen LogP contribution in [0.5, 0.6) is 0 Å². The number of hydrogen-bond acceptors (Lipinski definition) is 0. The molecule has 6 heavy (non-hydrogen) atoms. The van der Waals surface area contributed by atoms with Gasteiger partial charge in [-0.1, -0.05) is 19.4 Å². The maximum Gasteiger partial charge on any atom is -0.00559 e. The van der Waals surface area contributed by atoms with Crippen LogP contribution in [0.1, 0.15) is 20.3 Å². The minimum Gasteiger partial charge on any atom is -0.0594 e. The van der Waals surface area contributed by atoms with Gasteiger partial charge >= 0.3 is 0 Å². The summed E-state index contributed by atoms with van der Waals surface area (Å²) < 4.78 is 0. The molecule has 0 aliphatic heterocycles. The zero-order valence-electron chi connectivity index (χ0n) is 4.28. The Morgan fingerprint density at radius 1 is 1.67 bits per heavy atom. The second kappa shape index (κ2) is 1.11. The van der Waals surface area contributed by atoms with Crippen molar-refractivity contribution in [1.29, 1.82) is 0 Å². The monoisotopic (exact) mass is 81.1 g/mol. The van der Waals surface area contributed by atoms with Crippen LogP contribution in [0.3, 0.4) is 0 Å². The molecule has 33 valence electrons.